The molecule has 3 aromatic carbocycles. The van der Waals surface area contributed by atoms with Gasteiger partial charge in [-0.25, -0.2) is 14.3 Å². The monoisotopic (exact) mass is 459 g/mol. The number of fused-ring (bicyclic) bond motifs is 1. The Hall–Kier alpha value is -4.33. The van der Waals surface area contributed by atoms with Crippen LogP contribution in [0.5, 0.6) is 11.5 Å². The molecule has 8 heteroatoms. The first kappa shape index (κ1) is 22.8. The van der Waals surface area contributed by atoms with Crippen molar-refractivity contribution in [3.63, 3.8) is 0 Å². The third-order valence-electron chi connectivity index (χ3n) is 5.50. The second kappa shape index (κ2) is 9.66. The molecule has 0 atom stereocenters. The zero-order valence-electron chi connectivity index (χ0n) is 19.4. The number of aromatic nitrogens is 2. The van der Waals surface area contributed by atoms with Crippen LogP contribution in [0.3, 0.4) is 0 Å². The first-order valence-corrected chi connectivity index (χ1v) is 10.6. The lowest BCUT2D eigenvalue weighted by Gasteiger charge is -2.23. The van der Waals surface area contributed by atoms with Crippen LogP contribution in [0.4, 0.5) is 5.95 Å². The maximum Gasteiger partial charge on any atom is 0.337 e. The van der Waals surface area contributed by atoms with Gasteiger partial charge in [-0.15, -0.1) is 0 Å². The number of hydrogen-bond acceptors (Lipinski definition) is 7. The van der Waals surface area contributed by atoms with E-state index in [2.05, 4.69) is 0 Å². The van der Waals surface area contributed by atoms with Crippen LogP contribution >= 0.6 is 0 Å². The van der Waals surface area contributed by atoms with Gasteiger partial charge in [0.1, 0.15) is 0 Å². The number of nitrogens with zero attached hydrogens (tertiary/aromatic N) is 3. The summed E-state index contributed by atoms with van der Waals surface area (Å²) < 4.78 is 17.2. The third kappa shape index (κ3) is 4.30. The smallest absolute Gasteiger partial charge is 0.337 e. The molecule has 0 saturated carbocycles. The molecule has 0 amide bonds. The summed E-state index contributed by atoms with van der Waals surface area (Å²) in [5.74, 6) is 0.960. The average Bonchev–Trinajstić information content (AvgIpc) is 2.87. The second-order valence-corrected chi connectivity index (χ2v) is 7.66. The van der Waals surface area contributed by atoms with E-state index in [9.17, 15) is 9.59 Å². The van der Waals surface area contributed by atoms with Crippen LogP contribution in [-0.2, 0) is 11.3 Å². The summed E-state index contributed by atoms with van der Waals surface area (Å²) in [5.41, 5.74) is 2.08. The molecule has 0 saturated heterocycles. The van der Waals surface area contributed by atoms with Crippen molar-refractivity contribution < 1.29 is 19.0 Å². The van der Waals surface area contributed by atoms with Crippen molar-refractivity contribution in [1.82, 2.24) is 9.55 Å². The molecule has 0 spiro atoms. The number of methoxy groups -OCH3 is 3. The highest BCUT2D eigenvalue weighted by Crippen LogP contribution is 2.30. The van der Waals surface area contributed by atoms with Gasteiger partial charge in [0.05, 0.1) is 43.5 Å². The van der Waals surface area contributed by atoms with Gasteiger partial charge in [-0.2, -0.15) is 0 Å². The molecule has 4 rings (SSSR count). The van der Waals surface area contributed by atoms with Gasteiger partial charge in [0.2, 0.25) is 5.95 Å². The van der Waals surface area contributed by atoms with E-state index in [4.69, 9.17) is 19.2 Å². The Bertz CT molecular complexity index is 1400. The predicted octanol–water partition coefficient (Wildman–Crippen LogP) is 3.83. The van der Waals surface area contributed by atoms with E-state index in [1.165, 1.54) is 11.7 Å². The van der Waals surface area contributed by atoms with Gasteiger partial charge in [-0.1, -0.05) is 30.3 Å². The maximum absolute atomic E-state index is 13.7. The molecule has 8 nitrogen and oxygen atoms in total. The molecule has 0 aliphatic carbocycles. The predicted molar refractivity (Wildman–Crippen MR) is 130 cm³/mol. The zero-order chi connectivity index (χ0) is 24.2. The molecule has 1 heterocycles. The van der Waals surface area contributed by atoms with Crippen molar-refractivity contribution in [3.8, 4) is 17.2 Å². The van der Waals surface area contributed by atoms with Crippen molar-refractivity contribution in [2.45, 2.75) is 6.54 Å². The Balaban J connectivity index is 1.95. The Kier molecular flexibility index (Phi) is 6.49. The van der Waals surface area contributed by atoms with Crippen molar-refractivity contribution in [2.75, 3.05) is 33.3 Å². The van der Waals surface area contributed by atoms with Gasteiger partial charge < -0.3 is 19.1 Å². The molecule has 0 aliphatic rings. The Labute approximate surface area is 196 Å². The SMILES string of the molecule is COC(=O)c1ccc2c(=O)n(-c3ccc(OC)c(OC)c3)c(N(C)Cc3ccccc3)nc2c1. The molecule has 0 bridgehead atoms. The largest absolute Gasteiger partial charge is 0.493 e. The lowest BCUT2D eigenvalue weighted by Crippen LogP contribution is -2.29. The minimum Gasteiger partial charge on any atom is -0.493 e. The van der Waals surface area contributed by atoms with E-state index >= 15 is 0 Å². The summed E-state index contributed by atoms with van der Waals surface area (Å²) in [6.07, 6.45) is 0. The number of rotatable bonds is 7. The summed E-state index contributed by atoms with van der Waals surface area (Å²) in [4.78, 5) is 32.5. The highest BCUT2D eigenvalue weighted by Gasteiger charge is 2.19. The first-order valence-electron chi connectivity index (χ1n) is 10.6. The number of ether oxygens (including phenoxy) is 3. The molecule has 0 radical (unpaired) electrons. The number of esters is 1. The highest BCUT2D eigenvalue weighted by atomic mass is 16.5. The van der Waals surface area contributed by atoms with E-state index in [0.29, 0.717) is 46.1 Å². The van der Waals surface area contributed by atoms with Crippen LogP contribution in [0, 0.1) is 0 Å². The number of benzene rings is 3. The van der Waals surface area contributed by atoms with Gasteiger partial charge in [0.25, 0.3) is 5.56 Å². The number of anilines is 1. The fourth-order valence-corrected chi connectivity index (χ4v) is 3.80. The standard InChI is InChI=1S/C26H25N3O5/c1-28(16-17-8-6-5-7-9-17)26-27-21-14-18(25(31)34-4)10-12-20(21)24(30)29(26)19-11-13-22(32-2)23(15-19)33-3/h5-15H,16H2,1-4H3. The summed E-state index contributed by atoms with van der Waals surface area (Å²) in [5, 5.41) is 0.374. The maximum atomic E-state index is 13.7. The van der Waals surface area contributed by atoms with Crippen LogP contribution in [0.25, 0.3) is 16.6 Å². The van der Waals surface area contributed by atoms with Gasteiger partial charge >= 0.3 is 5.97 Å². The molecule has 0 aliphatic heterocycles. The van der Waals surface area contributed by atoms with E-state index in [-0.39, 0.29) is 5.56 Å². The van der Waals surface area contributed by atoms with E-state index < -0.39 is 5.97 Å². The molecular weight excluding hydrogens is 434 g/mol. The summed E-state index contributed by atoms with van der Waals surface area (Å²) in [7, 11) is 6.27. The molecule has 34 heavy (non-hydrogen) atoms. The van der Waals surface area contributed by atoms with Crippen molar-refractivity contribution >= 4 is 22.8 Å². The molecular formula is C26H25N3O5. The van der Waals surface area contributed by atoms with E-state index in [0.717, 1.165) is 5.56 Å². The molecule has 1 aromatic heterocycles. The van der Waals surface area contributed by atoms with Crippen molar-refractivity contribution in [2.24, 2.45) is 0 Å². The summed E-state index contributed by atoms with van der Waals surface area (Å²) >= 11 is 0. The number of hydrogen-bond donors (Lipinski definition) is 0. The molecule has 0 unspecified atom stereocenters. The second-order valence-electron chi connectivity index (χ2n) is 7.66. The summed E-state index contributed by atoms with van der Waals surface area (Å²) in [6, 6.07) is 19.9. The van der Waals surface area contributed by atoms with Crippen molar-refractivity contribution in [3.05, 3.63) is 88.2 Å². The van der Waals surface area contributed by atoms with Crippen molar-refractivity contribution in [1.29, 1.82) is 0 Å². The lowest BCUT2D eigenvalue weighted by atomic mass is 10.1. The van der Waals surface area contributed by atoms with Crippen LogP contribution < -0.4 is 19.9 Å². The summed E-state index contributed by atoms with van der Waals surface area (Å²) in [6.45, 7) is 0.517. The first-order chi connectivity index (χ1) is 16.5. The van der Waals surface area contributed by atoms with Crippen LogP contribution in [0.2, 0.25) is 0 Å². The van der Waals surface area contributed by atoms with Crippen LogP contribution in [0.15, 0.2) is 71.5 Å². The minimum absolute atomic E-state index is 0.274. The molecule has 174 valence electrons. The topological polar surface area (TPSA) is 82.9 Å². The minimum atomic E-state index is -0.494. The number of carbonyl (C=O) groups is 1. The highest BCUT2D eigenvalue weighted by molar-refractivity contribution is 5.94. The molecule has 0 N–H and O–H groups in total. The quantitative estimate of drug-likeness (QED) is 0.389. The Morgan fingerprint density at radius 3 is 2.35 bits per heavy atom. The Morgan fingerprint density at radius 1 is 0.941 bits per heavy atom. The average molecular weight is 460 g/mol. The van der Waals surface area contributed by atoms with Crippen LogP contribution in [0.1, 0.15) is 15.9 Å². The third-order valence-corrected chi connectivity index (χ3v) is 5.50. The molecule has 0 fully saturated rings. The zero-order valence-corrected chi connectivity index (χ0v) is 19.4. The van der Waals surface area contributed by atoms with Gasteiger partial charge in [0.15, 0.2) is 11.5 Å². The van der Waals surface area contributed by atoms with E-state index in [1.54, 1.807) is 50.6 Å². The van der Waals surface area contributed by atoms with Gasteiger partial charge in [0, 0.05) is 19.7 Å². The Morgan fingerprint density at radius 2 is 1.68 bits per heavy atom. The van der Waals surface area contributed by atoms with Gasteiger partial charge in [-0.3, -0.25) is 4.79 Å². The van der Waals surface area contributed by atoms with E-state index in [1.807, 2.05) is 42.3 Å². The fourth-order valence-electron chi connectivity index (χ4n) is 3.80. The normalized spacial score (nSPS) is 10.7. The number of carbonyl (C=O) groups excluding carboxylic acids is 1. The molecule has 4 aromatic rings. The van der Waals surface area contributed by atoms with Gasteiger partial charge in [-0.05, 0) is 35.9 Å². The fraction of sp³-hybridized carbons (Fsp3) is 0.192. The van der Waals surface area contributed by atoms with Crippen LogP contribution in [-0.4, -0.2) is 43.9 Å². The lowest BCUT2D eigenvalue weighted by molar-refractivity contribution is 0.0601.